The number of aryl methyl sites for hydroxylation is 1. The van der Waals surface area contributed by atoms with Crippen LogP contribution in [0.1, 0.15) is 24.0 Å². The molecular formula is C26H32N4O6S. The van der Waals surface area contributed by atoms with Gasteiger partial charge in [0.15, 0.2) is 0 Å². The molecule has 10 nitrogen and oxygen atoms in total. The minimum absolute atomic E-state index is 0.0762. The molecule has 11 heteroatoms. The van der Waals surface area contributed by atoms with Crippen molar-refractivity contribution in [1.29, 1.82) is 0 Å². The average molecular weight is 529 g/mol. The summed E-state index contributed by atoms with van der Waals surface area (Å²) in [6.45, 7) is 2.67. The maximum atomic E-state index is 12.7. The molecular weight excluding hydrogens is 496 g/mol. The van der Waals surface area contributed by atoms with Gasteiger partial charge in [-0.3, -0.25) is 4.68 Å². The summed E-state index contributed by atoms with van der Waals surface area (Å²) in [5, 5.41) is 6.87. The van der Waals surface area contributed by atoms with Gasteiger partial charge in [0.1, 0.15) is 29.6 Å². The summed E-state index contributed by atoms with van der Waals surface area (Å²) in [5.74, 6) is 1.24. The van der Waals surface area contributed by atoms with Crippen LogP contribution < -0.4 is 14.8 Å². The zero-order chi connectivity index (χ0) is 26.4. The summed E-state index contributed by atoms with van der Waals surface area (Å²) in [6.07, 6.45) is 2.99. The van der Waals surface area contributed by atoms with Gasteiger partial charge in [-0.25, -0.2) is 13.2 Å². The van der Waals surface area contributed by atoms with E-state index in [0.717, 1.165) is 16.9 Å². The normalized spacial score (nSPS) is 17.1. The van der Waals surface area contributed by atoms with Crippen molar-refractivity contribution in [3.8, 4) is 11.5 Å². The number of benzene rings is 2. The van der Waals surface area contributed by atoms with Crippen molar-refractivity contribution in [1.82, 2.24) is 19.4 Å². The SMILES string of the molecule is CCOC(=O)NC1COc2ccc(OCCN(C)S(=O)(=O)c3cnn(C)c3)cc2C1Cc1ccccc1. The third-order valence-electron chi connectivity index (χ3n) is 6.23. The maximum absolute atomic E-state index is 12.7. The molecule has 2 heterocycles. The molecule has 2 unspecified atom stereocenters. The fourth-order valence-electron chi connectivity index (χ4n) is 4.26. The molecule has 2 aromatic carbocycles. The number of carbonyl (C=O) groups is 1. The van der Waals surface area contributed by atoms with Gasteiger partial charge in [0, 0.05) is 38.3 Å². The average Bonchev–Trinajstić information content (AvgIpc) is 3.33. The van der Waals surface area contributed by atoms with Gasteiger partial charge >= 0.3 is 6.09 Å². The molecule has 4 rings (SSSR count). The number of likely N-dealkylation sites (N-methyl/N-ethyl adjacent to an activating group) is 1. The molecule has 0 radical (unpaired) electrons. The second-order valence-electron chi connectivity index (χ2n) is 8.80. The standard InChI is InChI=1S/C26H32N4O6S/c1-4-34-26(31)28-24-18-36-25-11-10-20(15-23(25)22(24)14-19-8-6-5-7-9-19)35-13-12-30(3)37(32,33)21-16-27-29(2)17-21/h5-11,15-17,22,24H,4,12-14,18H2,1-3H3,(H,28,31). The fraction of sp³-hybridized carbons (Fsp3) is 0.385. The topological polar surface area (TPSA) is 112 Å². The number of alkyl carbamates (subject to hydrolysis) is 1. The van der Waals surface area contributed by atoms with Crippen molar-refractivity contribution in [3.05, 3.63) is 72.1 Å². The smallest absolute Gasteiger partial charge is 0.407 e. The van der Waals surface area contributed by atoms with Gasteiger partial charge in [-0.2, -0.15) is 9.40 Å². The van der Waals surface area contributed by atoms with E-state index in [0.29, 0.717) is 18.8 Å². The first-order valence-corrected chi connectivity index (χ1v) is 13.5. The molecule has 2 atom stereocenters. The van der Waals surface area contributed by atoms with E-state index in [2.05, 4.69) is 22.5 Å². The lowest BCUT2D eigenvalue weighted by molar-refractivity contribution is 0.135. The Labute approximate surface area is 217 Å². The number of sulfonamides is 1. The highest BCUT2D eigenvalue weighted by atomic mass is 32.2. The first kappa shape index (κ1) is 26.5. The number of nitrogens with one attached hydrogen (secondary N) is 1. The van der Waals surface area contributed by atoms with Gasteiger partial charge in [0.2, 0.25) is 10.0 Å². The quantitative estimate of drug-likeness (QED) is 0.431. The Morgan fingerprint density at radius 1 is 1.24 bits per heavy atom. The minimum Gasteiger partial charge on any atom is -0.492 e. The third-order valence-corrected chi connectivity index (χ3v) is 8.04. The van der Waals surface area contributed by atoms with Crippen LogP contribution in [0, 0.1) is 0 Å². The number of hydrogen-bond donors (Lipinski definition) is 1. The zero-order valence-electron chi connectivity index (χ0n) is 21.2. The number of carbonyl (C=O) groups excluding carboxylic acids is 1. The highest BCUT2D eigenvalue weighted by Gasteiger charge is 2.33. The van der Waals surface area contributed by atoms with Crippen LogP contribution in [-0.4, -0.2) is 68.1 Å². The van der Waals surface area contributed by atoms with Crippen LogP contribution in [0.2, 0.25) is 0 Å². The number of aromatic nitrogens is 2. The van der Waals surface area contributed by atoms with Crippen LogP contribution in [0.25, 0.3) is 0 Å². The first-order valence-electron chi connectivity index (χ1n) is 12.1. The third kappa shape index (κ3) is 6.41. The molecule has 198 valence electrons. The number of nitrogens with zero attached hydrogens (tertiary/aromatic N) is 3. The summed E-state index contributed by atoms with van der Waals surface area (Å²) in [4.78, 5) is 12.3. The summed E-state index contributed by atoms with van der Waals surface area (Å²) in [7, 11) is -0.482. The van der Waals surface area contributed by atoms with Crippen molar-refractivity contribution >= 4 is 16.1 Å². The Hall–Kier alpha value is -3.57. The van der Waals surface area contributed by atoms with E-state index in [4.69, 9.17) is 14.2 Å². The van der Waals surface area contributed by atoms with Crippen molar-refractivity contribution in [2.45, 2.75) is 30.2 Å². The Balaban J connectivity index is 1.48. The van der Waals surface area contributed by atoms with E-state index in [9.17, 15) is 13.2 Å². The van der Waals surface area contributed by atoms with Crippen LogP contribution >= 0.6 is 0 Å². The Kier molecular flexibility index (Phi) is 8.34. The minimum atomic E-state index is -3.66. The predicted molar refractivity (Wildman–Crippen MR) is 137 cm³/mol. The fourth-order valence-corrected chi connectivity index (χ4v) is 5.40. The Morgan fingerprint density at radius 2 is 2.03 bits per heavy atom. The molecule has 1 N–H and O–H groups in total. The van der Waals surface area contributed by atoms with Gasteiger partial charge in [-0.1, -0.05) is 30.3 Å². The molecule has 3 aromatic rings. The van der Waals surface area contributed by atoms with E-state index in [1.165, 1.54) is 28.4 Å². The second-order valence-corrected chi connectivity index (χ2v) is 10.8. The van der Waals surface area contributed by atoms with E-state index >= 15 is 0 Å². The zero-order valence-corrected chi connectivity index (χ0v) is 22.0. The van der Waals surface area contributed by atoms with E-state index in [-0.39, 0.29) is 36.6 Å². The molecule has 1 aliphatic rings. The summed E-state index contributed by atoms with van der Waals surface area (Å²) in [5.41, 5.74) is 2.04. The largest absolute Gasteiger partial charge is 0.492 e. The van der Waals surface area contributed by atoms with Crippen LogP contribution in [0.3, 0.4) is 0 Å². The summed E-state index contributed by atoms with van der Waals surface area (Å²) >= 11 is 0. The number of fused-ring (bicyclic) bond motifs is 1. The molecule has 0 bridgehead atoms. The van der Waals surface area contributed by atoms with E-state index < -0.39 is 16.1 Å². The van der Waals surface area contributed by atoms with Crippen LogP contribution in [-0.2, 0) is 28.2 Å². The van der Waals surface area contributed by atoms with Crippen molar-refractivity contribution < 1.29 is 27.4 Å². The molecule has 37 heavy (non-hydrogen) atoms. The molecule has 1 aromatic heterocycles. The van der Waals surface area contributed by atoms with E-state index in [1.807, 2.05) is 30.3 Å². The molecule has 0 spiro atoms. The lowest BCUT2D eigenvalue weighted by Gasteiger charge is -2.34. The lowest BCUT2D eigenvalue weighted by Crippen LogP contribution is -2.46. The number of amides is 1. The van der Waals surface area contributed by atoms with Crippen LogP contribution in [0.4, 0.5) is 4.79 Å². The predicted octanol–water partition coefficient (Wildman–Crippen LogP) is 2.95. The van der Waals surface area contributed by atoms with Gasteiger partial charge in [0.05, 0.1) is 18.8 Å². The lowest BCUT2D eigenvalue weighted by atomic mass is 9.84. The van der Waals surface area contributed by atoms with Crippen molar-refractivity contribution in [2.75, 3.05) is 33.4 Å². The first-order chi connectivity index (χ1) is 17.8. The summed E-state index contributed by atoms with van der Waals surface area (Å²) < 4.78 is 45.1. The molecule has 1 aliphatic heterocycles. The molecule has 0 saturated carbocycles. The van der Waals surface area contributed by atoms with Crippen LogP contribution in [0.5, 0.6) is 11.5 Å². The number of ether oxygens (including phenoxy) is 3. The summed E-state index contributed by atoms with van der Waals surface area (Å²) in [6, 6.07) is 15.3. The highest BCUT2D eigenvalue weighted by molar-refractivity contribution is 7.89. The van der Waals surface area contributed by atoms with Gasteiger partial charge in [-0.15, -0.1) is 0 Å². The van der Waals surface area contributed by atoms with E-state index in [1.54, 1.807) is 20.0 Å². The van der Waals surface area contributed by atoms with Gasteiger partial charge < -0.3 is 19.5 Å². The number of hydrogen-bond acceptors (Lipinski definition) is 7. The van der Waals surface area contributed by atoms with Gasteiger partial charge in [-0.05, 0) is 37.1 Å². The Bertz CT molecular complexity index is 1310. The molecule has 0 aliphatic carbocycles. The molecule has 0 saturated heterocycles. The number of rotatable bonds is 10. The second kappa shape index (κ2) is 11.7. The Morgan fingerprint density at radius 3 is 2.73 bits per heavy atom. The van der Waals surface area contributed by atoms with Crippen LogP contribution in [0.15, 0.2) is 65.8 Å². The van der Waals surface area contributed by atoms with Gasteiger partial charge in [0.25, 0.3) is 0 Å². The molecule has 0 fully saturated rings. The monoisotopic (exact) mass is 528 g/mol. The van der Waals surface area contributed by atoms with Crippen molar-refractivity contribution in [3.63, 3.8) is 0 Å². The van der Waals surface area contributed by atoms with Crippen molar-refractivity contribution in [2.24, 2.45) is 7.05 Å². The maximum Gasteiger partial charge on any atom is 0.407 e. The highest BCUT2D eigenvalue weighted by Crippen LogP contribution is 2.38. The molecule has 1 amide bonds.